The van der Waals surface area contributed by atoms with Crippen LogP contribution in [0.5, 0.6) is 5.75 Å². The van der Waals surface area contributed by atoms with Gasteiger partial charge in [0.1, 0.15) is 27.9 Å². The van der Waals surface area contributed by atoms with E-state index in [1.54, 1.807) is 6.07 Å². The van der Waals surface area contributed by atoms with E-state index in [4.69, 9.17) is 10.5 Å². The minimum absolute atomic E-state index is 0.280. The van der Waals surface area contributed by atoms with Crippen LogP contribution in [-0.2, 0) is 6.42 Å². The van der Waals surface area contributed by atoms with Crippen LogP contribution in [0, 0.1) is 12.7 Å². The zero-order valence-electron chi connectivity index (χ0n) is 17.7. The molecule has 4 aliphatic rings. The first-order chi connectivity index (χ1) is 15.4. The van der Waals surface area contributed by atoms with Crippen LogP contribution in [0.2, 0.25) is 0 Å². The number of thiophene rings is 1. The van der Waals surface area contributed by atoms with E-state index >= 15 is 4.39 Å². The number of ether oxygens (including phenoxy) is 1. The van der Waals surface area contributed by atoms with Crippen molar-refractivity contribution in [1.82, 2.24) is 15.6 Å². The molecular formula is C23H24FN5O2S. The molecule has 3 fully saturated rings. The number of piperazine rings is 1. The average molecular weight is 454 g/mol. The van der Waals surface area contributed by atoms with E-state index in [9.17, 15) is 4.79 Å². The normalized spacial score (nSPS) is 23.9. The molecule has 7 rings (SSSR count). The Hall–Kier alpha value is -2.91. The zero-order chi connectivity index (χ0) is 22.0. The molecule has 4 aliphatic heterocycles. The summed E-state index contributed by atoms with van der Waals surface area (Å²) in [6.07, 6.45) is 1.57. The third kappa shape index (κ3) is 3.27. The number of hydrogen-bond donors (Lipinski definition) is 3. The number of pyridine rings is 1. The number of carbonyl (C=O) groups is 1. The lowest BCUT2D eigenvalue weighted by Gasteiger charge is -2.49. The number of carbonyl (C=O) groups excluding carboxylic acids is 1. The SMILES string of the molecule is Cc1ccc2c(N)c(C(=O)N[C@@H]3COc4cc(N5CC6CC(C5)N6)cc(F)c4C3)sc2n1. The Morgan fingerprint density at radius 2 is 2.12 bits per heavy atom. The standard InChI is InChI=1S/C23H24FN5O2S/c1-11-2-3-16-20(25)21(32-23(16)26-11)22(30)28-14-5-17-18(24)6-15(7-19(17)31-10-14)29-8-12-4-13(9-29)27-12/h2-3,6-7,12-14,27H,4-5,8-10,25H2,1H3,(H,28,30)/t12?,13?,14-/m0/s1. The van der Waals surface area contributed by atoms with E-state index in [2.05, 4.69) is 20.5 Å². The number of amides is 1. The second-order valence-electron chi connectivity index (χ2n) is 8.94. The number of benzene rings is 1. The van der Waals surface area contributed by atoms with Crippen LogP contribution in [0.3, 0.4) is 0 Å². The lowest BCUT2D eigenvalue weighted by atomic mass is 9.90. The molecule has 0 saturated carbocycles. The van der Waals surface area contributed by atoms with Gasteiger partial charge in [-0.05, 0) is 31.5 Å². The molecule has 0 aliphatic carbocycles. The number of fused-ring (bicyclic) bond motifs is 4. The maximum atomic E-state index is 15.0. The molecule has 1 aromatic carbocycles. The number of piperidine rings is 1. The molecule has 3 saturated heterocycles. The Bertz CT molecular complexity index is 1230. The van der Waals surface area contributed by atoms with Gasteiger partial charge in [0.15, 0.2) is 0 Å². The first-order valence-corrected chi connectivity index (χ1v) is 11.7. The fourth-order valence-electron chi connectivity index (χ4n) is 4.93. The average Bonchev–Trinajstić information content (AvgIpc) is 3.09. The predicted octanol–water partition coefficient (Wildman–Crippen LogP) is 2.61. The summed E-state index contributed by atoms with van der Waals surface area (Å²) in [7, 11) is 0. The number of aryl methyl sites for hydroxylation is 1. The molecule has 9 heteroatoms. The van der Waals surface area contributed by atoms with E-state index < -0.39 is 0 Å². The van der Waals surface area contributed by atoms with Gasteiger partial charge in [-0.25, -0.2) is 9.37 Å². The van der Waals surface area contributed by atoms with Crippen LogP contribution in [0.1, 0.15) is 27.3 Å². The van der Waals surface area contributed by atoms with Gasteiger partial charge >= 0.3 is 0 Å². The molecule has 4 N–H and O–H groups in total. The Labute approximate surface area is 188 Å². The van der Waals surface area contributed by atoms with Crippen molar-refractivity contribution < 1.29 is 13.9 Å². The van der Waals surface area contributed by atoms with E-state index in [0.29, 0.717) is 40.4 Å². The van der Waals surface area contributed by atoms with Crippen LogP contribution < -0.4 is 26.0 Å². The Balaban J connectivity index is 1.19. The second-order valence-corrected chi connectivity index (χ2v) is 9.94. The highest BCUT2D eigenvalue weighted by molar-refractivity contribution is 7.21. The number of nitrogens with one attached hydrogen (secondary N) is 2. The third-order valence-electron chi connectivity index (χ3n) is 6.59. The third-order valence-corrected chi connectivity index (χ3v) is 7.71. The van der Waals surface area contributed by atoms with Crippen molar-refractivity contribution in [2.75, 3.05) is 30.3 Å². The molecule has 2 bridgehead atoms. The van der Waals surface area contributed by atoms with E-state index in [1.165, 1.54) is 17.8 Å². The quantitative estimate of drug-likeness (QED) is 0.565. The molecule has 2 aromatic heterocycles. The monoisotopic (exact) mass is 453 g/mol. The maximum Gasteiger partial charge on any atom is 0.263 e. The highest BCUT2D eigenvalue weighted by Gasteiger charge is 2.37. The van der Waals surface area contributed by atoms with Crippen LogP contribution in [0.4, 0.5) is 15.8 Å². The number of aromatic nitrogens is 1. The summed E-state index contributed by atoms with van der Waals surface area (Å²) < 4.78 is 20.9. The van der Waals surface area contributed by atoms with Gasteiger partial charge in [0.05, 0.1) is 11.7 Å². The number of nitrogens with zero attached hydrogens (tertiary/aromatic N) is 2. The van der Waals surface area contributed by atoms with Gasteiger partial charge in [-0.3, -0.25) is 4.79 Å². The van der Waals surface area contributed by atoms with Crippen molar-refractivity contribution in [3.8, 4) is 5.75 Å². The largest absolute Gasteiger partial charge is 0.491 e. The summed E-state index contributed by atoms with van der Waals surface area (Å²) in [4.78, 5) is 20.8. The van der Waals surface area contributed by atoms with Gasteiger partial charge in [-0.15, -0.1) is 11.3 Å². The highest BCUT2D eigenvalue weighted by Crippen LogP contribution is 2.36. The van der Waals surface area contributed by atoms with Gasteiger partial charge in [-0.1, -0.05) is 0 Å². The molecule has 166 valence electrons. The fourth-order valence-corrected chi connectivity index (χ4v) is 5.97. The van der Waals surface area contributed by atoms with E-state index in [-0.39, 0.29) is 24.4 Å². The summed E-state index contributed by atoms with van der Waals surface area (Å²) in [6.45, 7) is 3.96. The van der Waals surface area contributed by atoms with E-state index in [1.807, 2.05) is 25.1 Å². The molecule has 32 heavy (non-hydrogen) atoms. The zero-order valence-corrected chi connectivity index (χ0v) is 18.5. The molecule has 0 spiro atoms. The highest BCUT2D eigenvalue weighted by atomic mass is 32.1. The number of nitrogen functional groups attached to an aromatic ring is 1. The molecule has 6 heterocycles. The summed E-state index contributed by atoms with van der Waals surface area (Å²) in [5, 5.41) is 7.23. The number of rotatable bonds is 3. The maximum absolute atomic E-state index is 15.0. The lowest BCUT2D eigenvalue weighted by Crippen LogP contribution is -2.67. The first kappa shape index (κ1) is 19.8. The van der Waals surface area contributed by atoms with Crippen LogP contribution in [-0.4, -0.2) is 48.7 Å². The number of nitrogens with two attached hydrogens (primary N) is 1. The minimum atomic E-state index is -0.332. The summed E-state index contributed by atoms with van der Waals surface area (Å²) >= 11 is 1.27. The Morgan fingerprint density at radius 3 is 2.91 bits per heavy atom. The summed E-state index contributed by atoms with van der Waals surface area (Å²) in [6, 6.07) is 7.94. The molecule has 3 aromatic rings. The van der Waals surface area contributed by atoms with E-state index in [0.717, 1.165) is 34.7 Å². The van der Waals surface area contributed by atoms with Gasteiger partial charge in [0.25, 0.3) is 5.91 Å². The second kappa shape index (κ2) is 7.31. The number of halogens is 1. The molecular weight excluding hydrogens is 429 g/mol. The van der Waals surface area contributed by atoms with Crippen molar-refractivity contribution in [2.24, 2.45) is 0 Å². The molecule has 0 radical (unpaired) electrons. The summed E-state index contributed by atoms with van der Waals surface area (Å²) in [5.74, 6) is 0.000681. The minimum Gasteiger partial charge on any atom is -0.491 e. The predicted molar refractivity (Wildman–Crippen MR) is 123 cm³/mol. The Morgan fingerprint density at radius 1 is 1.34 bits per heavy atom. The van der Waals surface area contributed by atoms with Crippen LogP contribution >= 0.6 is 11.3 Å². The van der Waals surface area contributed by atoms with Gasteiger partial charge < -0.3 is 26.0 Å². The van der Waals surface area contributed by atoms with Gasteiger partial charge in [0.2, 0.25) is 0 Å². The molecule has 1 amide bonds. The van der Waals surface area contributed by atoms with Gasteiger partial charge in [-0.2, -0.15) is 0 Å². The molecule has 2 unspecified atom stereocenters. The van der Waals surface area contributed by atoms with Crippen molar-refractivity contribution in [3.05, 3.63) is 46.2 Å². The lowest BCUT2D eigenvalue weighted by molar-refractivity contribution is 0.0919. The summed E-state index contributed by atoms with van der Waals surface area (Å²) in [5.41, 5.74) is 8.87. The molecule has 3 atom stereocenters. The molecule has 7 nitrogen and oxygen atoms in total. The topological polar surface area (TPSA) is 92.5 Å². The van der Waals surface area contributed by atoms with Crippen LogP contribution in [0.25, 0.3) is 10.2 Å². The van der Waals surface area contributed by atoms with Gasteiger partial charge in [0, 0.05) is 60.0 Å². The fraction of sp³-hybridized carbons (Fsp3) is 0.391. The van der Waals surface area contributed by atoms with Crippen molar-refractivity contribution >= 4 is 38.8 Å². The van der Waals surface area contributed by atoms with Crippen LogP contribution in [0.15, 0.2) is 24.3 Å². The Kier molecular flexibility index (Phi) is 4.51. The number of anilines is 2. The number of hydrogen-bond acceptors (Lipinski definition) is 7. The van der Waals surface area contributed by atoms with Crippen molar-refractivity contribution in [2.45, 2.75) is 37.9 Å². The smallest absolute Gasteiger partial charge is 0.263 e. The van der Waals surface area contributed by atoms with Crippen molar-refractivity contribution in [1.29, 1.82) is 0 Å². The first-order valence-electron chi connectivity index (χ1n) is 10.9. The van der Waals surface area contributed by atoms with Crippen molar-refractivity contribution in [3.63, 3.8) is 0 Å².